The molecule has 5 N–H and O–H groups in total. The number of hydrogen-bond donors (Lipinski definition) is 3. The Bertz CT molecular complexity index is 646. The number of carbonyl (C=O) groups excluding carboxylic acids is 1. The third kappa shape index (κ3) is 3.10. The molecule has 19 heavy (non-hydrogen) atoms. The van der Waals surface area contributed by atoms with Gasteiger partial charge in [-0.2, -0.15) is 0 Å². The molecule has 0 bridgehead atoms. The minimum atomic E-state index is -0.545. The van der Waals surface area contributed by atoms with E-state index in [0.717, 1.165) is 3.57 Å². The van der Waals surface area contributed by atoms with Crippen molar-refractivity contribution in [3.05, 3.63) is 50.6 Å². The molecule has 0 radical (unpaired) electrons. The smallest absolute Gasteiger partial charge is 0.250 e. The fourth-order valence-corrected chi connectivity index (χ4v) is 2.54. The van der Waals surface area contributed by atoms with E-state index in [1.54, 1.807) is 18.2 Å². The molecule has 2 rings (SSSR count). The van der Waals surface area contributed by atoms with Crippen LogP contribution in [0.1, 0.15) is 10.4 Å². The molecule has 2 aromatic rings. The van der Waals surface area contributed by atoms with Crippen LogP contribution in [0.4, 0.5) is 17.1 Å². The minimum absolute atomic E-state index is 0.328. The minimum Gasteiger partial charge on any atom is -0.397 e. The number of nitrogens with two attached hydrogens (primary N) is 2. The van der Waals surface area contributed by atoms with E-state index < -0.39 is 5.91 Å². The van der Waals surface area contributed by atoms with Crippen molar-refractivity contribution in [3.8, 4) is 0 Å². The second-order valence-electron chi connectivity index (χ2n) is 3.88. The van der Waals surface area contributed by atoms with Gasteiger partial charge in [0.05, 0.1) is 27.6 Å². The number of rotatable bonds is 3. The van der Waals surface area contributed by atoms with E-state index >= 15 is 0 Å². The average molecular weight is 388 g/mol. The zero-order valence-corrected chi connectivity index (χ0v) is 12.7. The highest BCUT2D eigenvalue weighted by Gasteiger charge is 2.12. The van der Waals surface area contributed by atoms with Gasteiger partial charge in [0.1, 0.15) is 0 Å². The predicted molar refractivity (Wildman–Crippen MR) is 86.8 cm³/mol. The SMILES string of the molecule is NC(=O)c1cccc(N)c1Nc1ccc(I)cc1Cl. The molecule has 0 saturated heterocycles. The second-order valence-corrected chi connectivity index (χ2v) is 5.54. The molecule has 0 aromatic heterocycles. The number of amides is 1. The van der Waals surface area contributed by atoms with Crippen LogP contribution in [-0.4, -0.2) is 5.91 Å². The number of para-hydroxylation sites is 1. The number of nitrogen functional groups attached to an aromatic ring is 1. The highest BCUT2D eigenvalue weighted by Crippen LogP contribution is 2.31. The molecule has 0 atom stereocenters. The summed E-state index contributed by atoms with van der Waals surface area (Å²) >= 11 is 8.31. The van der Waals surface area contributed by atoms with Crippen LogP contribution in [0.5, 0.6) is 0 Å². The highest BCUT2D eigenvalue weighted by molar-refractivity contribution is 14.1. The number of carbonyl (C=O) groups is 1. The van der Waals surface area contributed by atoms with Gasteiger partial charge in [-0.1, -0.05) is 17.7 Å². The third-order valence-corrected chi connectivity index (χ3v) is 3.54. The molecule has 0 saturated carbocycles. The summed E-state index contributed by atoms with van der Waals surface area (Å²) < 4.78 is 1.02. The van der Waals surface area contributed by atoms with Crippen molar-refractivity contribution in [2.24, 2.45) is 5.73 Å². The van der Waals surface area contributed by atoms with Crippen molar-refractivity contribution in [2.75, 3.05) is 11.1 Å². The molecule has 0 heterocycles. The van der Waals surface area contributed by atoms with Crippen LogP contribution in [-0.2, 0) is 0 Å². The molecule has 0 spiro atoms. The molecule has 6 heteroatoms. The Kier molecular flexibility index (Phi) is 4.16. The summed E-state index contributed by atoms with van der Waals surface area (Å²) in [5.74, 6) is -0.545. The number of primary amides is 1. The molecule has 0 aliphatic carbocycles. The van der Waals surface area contributed by atoms with Gasteiger partial charge in [-0.25, -0.2) is 0 Å². The van der Waals surface area contributed by atoms with Gasteiger partial charge in [-0.3, -0.25) is 4.79 Å². The molecule has 1 amide bonds. The maximum atomic E-state index is 11.4. The summed E-state index contributed by atoms with van der Waals surface area (Å²) in [5.41, 5.74) is 13.1. The Hall–Kier alpha value is -1.47. The van der Waals surface area contributed by atoms with E-state index in [0.29, 0.717) is 27.6 Å². The van der Waals surface area contributed by atoms with E-state index in [1.165, 1.54) is 0 Å². The van der Waals surface area contributed by atoms with Crippen molar-refractivity contribution < 1.29 is 4.79 Å². The maximum absolute atomic E-state index is 11.4. The van der Waals surface area contributed by atoms with Crippen LogP contribution in [0.3, 0.4) is 0 Å². The Morgan fingerprint density at radius 1 is 1.26 bits per heavy atom. The van der Waals surface area contributed by atoms with Crippen LogP contribution >= 0.6 is 34.2 Å². The van der Waals surface area contributed by atoms with Gasteiger partial charge in [0.2, 0.25) is 0 Å². The van der Waals surface area contributed by atoms with E-state index in [9.17, 15) is 4.79 Å². The number of hydrogen-bond acceptors (Lipinski definition) is 3. The summed E-state index contributed by atoms with van der Waals surface area (Å²) in [6.07, 6.45) is 0. The summed E-state index contributed by atoms with van der Waals surface area (Å²) in [6.45, 7) is 0. The first-order valence-corrected chi connectivity index (χ1v) is 6.85. The van der Waals surface area contributed by atoms with Crippen molar-refractivity contribution in [2.45, 2.75) is 0 Å². The Labute approximate surface area is 129 Å². The zero-order valence-electron chi connectivity index (χ0n) is 9.78. The molecular weight excluding hydrogens is 377 g/mol. The van der Waals surface area contributed by atoms with E-state index in [1.807, 2.05) is 18.2 Å². The van der Waals surface area contributed by atoms with Gasteiger partial charge in [0.15, 0.2) is 0 Å². The third-order valence-electron chi connectivity index (χ3n) is 2.55. The molecule has 0 fully saturated rings. The summed E-state index contributed by atoms with van der Waals surface area (Å²) in [5, 5.41) is 3.60. The second kappa shape index (κ2) is 5.66. The average Bonchev–Trinajstić information content (AvgIpc) is 2.34. The number of benzene rings is 2. The molecule has 2 aromatic carbocycles. The molecule has 0 unspecified atom stereocenters. The molecule has 0 aliphatic rings. The molecule has 0 aliphatic heterocycles. The van der Waals surface area contributed by atoms with E-state index in [4.69, 9.17) is 23.1 Å². The monoisotopic (exact) mass is 387 g/mol. The standard InChI is InChI=1S/C13H11ClIN3O/c14-9-6-7(15)4-5-11(9)18-12-8(13(17)19)2-1-3-10(12)16/h1-6,18H,16H2,(H2,17,19). The lowest BCUT2D eigenvalue weighted by Crippen LogP contribution is -2.14. The quantitative estimate of drug-likeness (QED) is 0.558. The van der Waals surface area contributed by atoms with Crippen LogP contribution in [0.15, 0.2) is 36.4 Å². The highest BCUT2D eigenvalue weighted by atomic mass is 127. The normalized spacial score (nSPS) is 10.2. The summed E-state index contributed by atoms with van der Waals surface area (Å²) in [6, 6.07) is 10.5. The maximum Gasteiger partial charge on any atom is 0.250 e. The molecule has 4 nitrogen and oxygen atoms in total. The predicted octanol–water partition coefficient (Wildman–Crippen LogP) is 3.37. The summed E-state index contributed by atoms with van der Waals surface area (Å²) in [4.78, 5) is 11.4. The first-order chi connectivity index (χ1) is 8.99. The topological polar surface area (TPSA) is 81.1 Å². The number of nitrogens with one attached hydrogen (secondary N) is 1. The Morgan fingerprint density at radius 3 is 2.63 bits per heavy atom. The van der Waals surface area contributed by atoms with E-state index in [-0.39, 0.29) is 0 Å². The lowest BCUT2D eigenvalue weighted by Gasteiger charge is -2.14. The van der Waals surface area contributed by atoms with Crippen LogP contribution < -0.4 is 16.8 Å². The van der Waals surface area contributed by atoms with E-state index in [2.05, 4.69) is 27.9 Å². The Balaban J connectivity index is 2.46. The van der Waals surface area contributed by atoms with Crippen molar-refractivity contribution >= 4 is 57.2 Å². The van der Waals surface area contributed by atoms with Gasteiger partial charge in [0, 0.05) is 3.57 Å². The molecule has 98 valence electrons. The fraction of sp³-hybridized carbons (Fsp3) is 0. The van der Waals surface area contributed by atoms with Crippen LogP contribution in [0.25, 0.3) is 0 Å². The van der Waals surface area contributed by atoms with Crippen molar-refractivity contribution in [1.29, 1.82) is 0 Å². The Morgan fingerprint density at radius 2 is 2.00 bits per heavy atom. The number of halogens is 2. The van der Waals surface area contributed by atoms with Gasteiger partial charge in [-0.05, 0) is 52.9 Å². The van der Waals surface area contributed by atoms with Crippen LogP contribution in [0, 0.1) is 3.57 Å². The van der Waals surface area contributed by atoms with Gasteiger partial charge >= 0.3 is 0 Å². The zero-order chi connectivity index (χ0) is 14.0. The van der Waals surface area contributed by atoms with Crippen molar-refractivity contribution in [3.63, 3.8) is 0 Å². The van der Waals surface area contributed by atoms with Gasteiger partial charge in [0.25, 0.3) is 5.91 Å². The fourth-order valence-electron chi connectivity index (χ4n) is 1.64. The summed E-state index contributed by atoms with van der Waals surface area (Å²) in [7, 11) is 0. The largest absolute Gasteiger partial charge is 0.397 e. The first-order valence-electron chi connectivity index (χ1n) is 5.39. The molecular formula is C13H11ClIN3O. The lowest BCUT2D eigenvalue weighted by atomic mass is 10.1. The van der Waals surface area contributed by atoms with Crippen LogP contribution in [0.2, 0.25) is 5.02 Å². The van der Waals surface area contributed by atoms with Crippen molar-refractivity contribution in [1.82, 2.24) is 0 Å². The first kappa shape index (κ1) is 14.0. The lowest BCUT2D eigenvalue weighted by molar-refractivity contribution is 0.100. The van der Waals surface area contributed by atoms with Gasteiger partial charge in [-0.15, -0.1) is 0 Å². The van der Waals surface area contributed by atoms with Gasteiger partial charge < -0.3 is 16.8 Å². The number of anilines is 3.